The lowest BCUT2D eigenvalue weighted by Gasteiger charge is -2.22. The van der Waals surface area contributed by atoms with Gasteiger partial charge in [-0.25, -0.2) is 0 Å². The van der Waals surface area contributed by atoms with Crippen LogP contribution in [0.3, 0.4) is 0 Å². The Labute approximate surface area is 154 Å². The monoisotopic (exact) mass is 354 g/mol. The molecule has 0 atom stereocenters. The first-order valence-corrected chi connectivity index (χ1v) is 9.28. The molecule has 1 aromatic heterocycles. The summed E-state index contributed by atoms with van der Waals surface area (Å²) in [5.74, 6) is 1.27. The smallest absolute Gasteiger partial charge is 0.272 e. The van der Waals surface area contributed by atoms with Crippen LogP contribution >= 0.6 is 0 Å². The number of benzene rings is 1. The summed E-state index contributed by atoms with van der Waals surface area (Å²) in [5, 5.41) is 14.4. The van der Waals surface area contributed by atoms with Gasteiger partial charge in [0.25, 0.3) is 5.91 Å². The Kier molecular flexibility index (Phi) is 6.04. The largest absolute Gasteiger partial charge is 0.491 e. The molecule has 26 heavy (non-hydrogen) atoms. The van der Waals surface area contributed by atoms with Crippen molar-refractivity contribution in [3.63, 3.8) is 0 Å². The van der Waals surface area contributed by atoms with Gasteiger partial charge in [0.05, 0.1) is 6.10 Å². The standard InChI is InChI=1S/C20H26N4O2/c1-14(2)26-17-10-8-16(9-11-17)21-19-13-12-18(23-24-19)20(25)22-15-6-4-3-5-7-15/h8-15H,3-7H2,1-2H3,(H,21,24)(H,22,25). The van der Waals surface area contributed by atoms with Crippen LogP contribution in [0, 0.1) is 0 Å². The molecule has 138 valence electrons. The zero-order chi connectivity index (χ0) is 18.4. The van der Waals surface area contributed by atoms with Gasteiger partial charge in [-0.15, -0.1) is 10.2 Å². The van der Waals surface area contributed by atoms with Gasteiger partial charge in [-0.3, -0.25) is 4.79 Å². The third-order valence-electron chi connectivity index (χ3n) is 4.34. The SMILES string of the molecule is CC(C)Oc1ccc(Nc2ccc(C(=O)NC3CCCCC3)nn2)cc1. The second-order valence-electron chi connectivity index (χ2n) is 6.93. The van der Waals surface area contributed by atoms with E-state index in [1.54, 1.807) is 12.1 Å². The molecule has 1 aromatic carbocycles. The van der Waals surface area contributed by atoms with E-state index in [0.29, 0.717) is 11.5 Å². The van der Waals surface area contributed by atoms with E-state index in [1.807, 2.05) is 38.1 Å². The maximum Gasteiger partial charge on any atom is 0.272 e. The third kappa shape index (κ3) is 5.18. The number of anilines is 2. The molecule has 6 nitrogen and oxygen atoms in total. The van der Waals surface area contributed by atoms with Gasteiger partial charge < -0.3 is 15.4 Å². The second kappa shape index (κ2) is 8.65. The van der Waals surface area contributed by atoms with Crippen molar-refractivity contribution in [3.05, 3.63) is 42.1 Å². The number of rotatable bonds is 6. The van der Waals surface area contributed by atoms with E-state index in [4.69, 9.17) is 4.74 Å². The molecule has 0 bridgehead atoms. The molecular formula is C20H26N4O2. The molecule has 1 aliphatic carbocycles. The number of hydrogen-bond acceptors (Lipinski definition) is 5. The molecule has 1 saturated carbocycles. The quantitative estimate of drug-likeness (QED) is 0.818. The first kappa shape index (κ1) is 18.2. The number of carbonyl (C=O) groups is 1. The molecule has 0 unspecified atom stereocenters. The molecule has 2 aromatic rings. The van der Waals surface area contributed by atoms with Crippen LogP contribution in [0.15, 0.2) is 36.4 Å². The van der Waals surface area contributed by atoms with Crippen molar-refractivity contribution in [2.75, 3.05) is 5.32 Å². The lowest BCUT2D eigenvalue weighted by Crippen LogP contribution is -2.36. The van der Waals surface area contributed by atoms with E-state index >= 15 is 0 Å². The Morgan fingerprint density at radius 3 is 2.38 bits per heavy atom. The molecule has 0 saturated heterocycles. The molecule has 0 aliphatic heterocycles. The van der Waals surface area contributed by atoms with E-state index in [-0.39, 0.29) is 18.1 Å². The highest BCUT2D eigenvalue weighted by Crippen LogP contribution is 2.20. The Balaban J connectivity index is 1.56. The number of carbonyl (C=O) groups excluding carboxylic acids is 1. The van der Waals surface area contributed by atoms with Crippen LogP contribution in [0.1, 0.15) is 56.4 Å². The van der Waals surface area contributed by atoms with Crippen LogP contribution in [0.2, 0.25) is 0 Å². The number of ether oxygens (including phenoxy) is 1. The minimum atomic E-state index is -0.147. The van der Waals surface area contributed by atoms with Crippen molar-refractivity contribution in [1.29, 1.82) is 0 Å². The van der Waals surface area contributed by atoms with Gasteiger partial charge in [-0.05, 0) is 63.1 Å². The van der Waals surface area contributed by atoms with Gasteiger partial charge in [0, 0.05) is 11.7 Å². The van der Waals surface area contributed by atoms with Crippen LogP contribution in [0.5, 0.6) is 5.75 Å². The Morgan fingerprint density at radius 2 is 1.77 bits per heavy atom. The molecule has 1 heterocycles. The summed E-state index contributed by atoms with van der Waals surface area (Å²) in [6.07, 6.45) is 5.87. The lowest BCUT2D eigenvalue weighted by atomic mass is 9.95. The van der Waals surface area contributed by atoms with Gasteiger partial charge in [0.15, 0.2) is 11.5 Å². The van der Waals surface area contributed by atoms with Crippen molar-refractivity contribution < 1.29 is 9.53 Å². The Bertz CT molecular complexity index is 708. The number of hydrogen-bond donors (Lipinski definition) is 2. The molecule has 1 amide bonds. The fourth-order valence-electron chi connectivity index (χ4n) is 3.06. The Morgan fingerprint density at radius 1 is 1.04 bits per heavy atom. The zero-order valence-electron chi connectivity index (χ0n) is 15.4. The summed E-state index contributed by atoms with van der Waals surface area (Å²) in [6.45, 7) is 3.99. The van der Waals surface area contributed by atoms with Crippen molar-refractivity contribution in [2.24, 2.45) is 0 Å². The predicted octanol–water partition coefficient (Wildman–Crippen LogP) is 4.07. The molecule has 3 rings (SSSR count). The highest BCUT2D eigenvalue weighted by Gasteiger charge is 2.17. The van der Waals surface area contributed by atoms with E-state index in [0.717, 1.165) is 24.3 Å². The lowest BCUT2D eigenvalue weighted by molar-refractivity contribution is 0.0921. The summed E-state index contributed by atoms with van der Waals surface area (Å²) in [4.78, 5) is 12.3. The molecule has 2 N–H and O–H groups in total. The van der Waals surface area contributed by atoms with Crippen LogP contribution in [-0.4, -0.2) is 28.3 Å². The topological polar surface area (TPSA) is 76.1 Å². The first-order chi connectivity index (χ1) is 12.6. The zero-order valence-corrected chi connectivity index (χ0v) is 15.4. The van der Waals surface area contributed by atoms with Gasteiger partial charge in [-0.1, -0.05) is 19.3 Å². The van der Waals surface area contributed by atoms with Crippen LogP contribution in [0.4, 0.5) is 11.5 Å². The fourth-order valence-corrected chi connectivity index (χ4v) is 3.06. The van der Waals surface area contributed by atoms with Gasteiger partial charge >= 0.3 is 0 Å². The summed E-state index contributed by atoms with van der Waals surface area (Å²) >= 11 is 0. The number of amides is 1. The molecule has 0 radical (unpaired) electrons. The fraction of sp³-hybridized carbons (Fsp3) is 0.450. The van der Waals surface area contributed by atoms with Gasteiger partial charge in [0.1, 0.15) is 5.75 Å². The van der Waals surface area contributed by atoms with Crippen molar-refractivity contribution >= 4 is 17.4 Å². The van der Waals surface area contributed by atoms with Gasteiger partial charge in [0.2, 0.25) is 0 Å². The molecule has 0 spiro atoms. The molecule has 6 heteroatoms. The molecule has 1 aliphatic rings. The van der Waals surface area contributed by atoms with Crippen LogP contribution in [0.25, 0.3) is 0 Å². The highest BCUT2D eigenvalue weighted by atomic mass is 16.5. The van der Waals surface area contributed by atoms with Crippen molar-refractivity contribution in [1.82, 2.24) is 15.5 Å². The predicted molar refractivity (Wildman–Crippen MR) is 102 cm³/mol. The minimum absolute atomic E-state index is 0.145. The van der Waals surface area contributed by atoms with Crippen LogP contribution in [-0.2, 0) is 0 Å². The summed E-state index contributed by atoms with van der Waals surface area (Å²) in [6, 6.07) is 11.4. The maximum atomic E-state index is 12.3. The number of nitrogens with zero attached hydrogens (tertiary/aromatic N) is 2. The normalized spacial score (nSPS) is 14.9. The second-order valence-corrected chi connectivity index (χ2v) is 6.93. The van der Waals surface area contributed by atoms with E-state index in [2.05, 4.69) is 20.8 Å². The maximum absolute atomic E-state index is 12.3. The summed E-state index contributed by atoms with van der Waals surface area (Å²) in [7, 11) is 0. The van der Waals surface area contributed by atoms with Crippen molar-refractivity contribution in [3.8, 4) is 5.75 Å². The van der Waals surface area contributed by atoms with Crippen LogP contribution < -0.4 is 15.4 Å². The van der Waals surface area contributed by atoms with Crippen molar-refractivity contribution in [2.45, 2.75) is 58.1 Å². The minimum Gasteiger partial charge on any atom is -0.491 e. The number of nitrogens with one attached hydrogen (secondary N) is 2. The van der Waals surface area contributed by atoms with E-state index in [1.165, 1.54) is 19.3 Å². The average Bonchev–Trinajstić information content (AvgIpc) is 2.64. The highest BCUT2D eigenvalue weighted by molar-refractivity contribution is 5.92. The van der Waals surface area contributed by atoms with Gasteiger partial charge in [-0.2, -0.15) is 0 Å². The first-order valence-electron chi connectivity index (χ1n) is 9.28. The molecular weight excluding hydrogens is 328 g/mol. The average molecular weight is 354 g/mol. The third-order valence-corrected chi connectivity index (χ3v) is 4.34. The summed E-state index contributed by atoms with van der Waals surface area (Å²) < 4.78 is 5.62. The molecule has 1 fully saturated rings. The van der Waals surface area contributed by atoms with E-state index in [9.17, 15) is 4.79 Å². The Hall–Kier alpha value is -2.63. The number of aromatic nitrogens is 2. The van der Waals surface area contributed by atoms with E-state index < -0.39 is 0 Å². The summed E-state index contributed by atoms with van der Waals surface area (Å²) in [5.41, 5.74) is 1.23.